The van der Waals surface area contributed by atoms with Gasteiger partial charge in [-0.05, 0) is 24.1 Å². The maximum Gasteiger partial charge on any atom is 0.127 e. The van der Waals surface area contributed by atoms with Crippen LogP contribution in [0, 0.1) is 0 Å². The maximum absolute atomic E-state index is 5.52. The van der Waals surface area contributed by atoms with Crippen molar-refractivity contribution in [1.29, 1.82) is 0 Å². The Hall–Kier alpha value is -1.24. The lowest BCUT2D eigenvalue weighted by atomic mass is 10.0. The van der Waals surface area contributed by atoms with E-state index >= 15 is 0 Å². The predicted octanol–water partition coefficient (Wildman–Crippen LogP) is 3.04. The summed E-state index contributed by atoms with van der Waals surface area (Å²) < 4.78 is 5.52. The Kier molecular flexibility index (Phi) is 2.35. The minimum absolute atomic E-state index is 0.711. The van der Waals surface area contributed by atoms with Gasteiger partial charge in [0, 0.05) is 5.56 Å². The number of hydrogen-bond acceptors (Lipinski definition) is 1. The van der Waals surface area contributed by atoms with Crippen LogP contribution < -0.4 is 4.74 Å². The van der Waals surface area contributed by atoms with Gasteiger partial charge < -0.3 is 4.74 Å². The summed E-state index contributed by atoms with van der Waals surface area (Å²) in [6.07, 6.45) is 6.56. The van der Waals surface area contributed by atoms with Crippen molar-refractivity contribution in [2.45, 2.75) is 19.8 Å². The molecule has 0 atom stereocenters. The second-order valence-electron chi connectivity index (χ2n) is 3.29. The van der Waals surface area contributed by atoms with E-state index in [2.05, 4.69) is 31.2 Å². The molecule has 0 aromatic heterocycles. The number of rotatable bonds is 2. The molecule has 0 aliphatic carbocycles. The third kappa shape index (κ3) is 1.59. The molecule has 13 heavy (non-hydrogen) atoms. The van der Waals surface area contributed by atoms with Crippen LogP contribution in [0.15, 0.2) is 24.3 Å². The van der Waals surface area contributed by atoms with Gasteiger partial charge in [-0.3, -0.25) is 0 Å². The smallest absolute Gasteiger partial charge is 0.127 e. The number of benzene rings is 1. The summed E-state index contributed by atoms with van der Waals surface area (Å²) in [5.41, 5.74) is 2.67. The van der Waals surface area contributed by atoms with E-state index in [1.807, 2.05) is 6.07 Å². The normalized spacial score (nSPS) is 13.6. The van der Waals surface area contributed by atoms with E-state index < -0.39 is 0 Å². The third-order valence-corrected chi connectivity index (χ3v) is 2.30. The van der Waals surface area contributed by atoms with Gasteiger partial charge in [-0.25, -0.2) is 0 Å². The highest BCUT2D eigenvalue weighted by Gasteiger charge is 2.08. The van der Waals surface area contributed by atoms with Gasteiger partial charge in [0.2, 0.25) is 0 Å². The van der Waals surface area contributed by atoms with Crippen LogP contribution in [0.25, 0.3) is 6.08 Å². The van der Waals surface area contributed by atoms with Gasteiger partial charge in [0.15, 0.2) is 0 Å². The third-order valence-electron chi connectivity index (χ3n) is 2.30. The molecule has 0 fully saturated rings. The first kappa shape index (κ1) is 8.36. The standard InChI is InChI=1S/C12H14O/c1-2-5-10-6-3-8-12-11(10)7-4-9-13-12/h3-4,6-8H,2,5,9H2,1H3. The molecule has 1 heterocycles. The lowest BCUT2D eigenvalue weighted by molar-refractivity contribution is 0.358. The number of aryl methyl sites for hydroxylation is 1. The van der Waals surface area contributed by atoms with Crippen molar-refractivity contribution in [3.8, 4) is 5.75 Å². The van der Waals surface area contributed by atoms with Gasteiger partial charge in [0.05, 0.1) is 0 Å². The lowest BCUT2D eigenvalue weighted by Gasteiger charge is -2.15. The Balaban J connectivity index is 2.42. The molecule has 1 aliphatic heterocycles. The fourth-order valence-corrected chi connectivity index (χ4v) is 1.70. The highest BCUT2D eigenvalue weighted by atomic mass is 16.5. The molecule has 1 aromatic rings. The van der Waals surface area contributed by atoms with Crippen molar-refractivity contribution in [3.63, 3.8) is 0 Å². The lowest BCUT2D eigenvalue weighted by Crippen LogP contribution is -2.02. The molecule has 1 nitrogen and oxygen atoms in total. The topological polar surface area (TPSA) is 9.23 Å². The molecule has 1 aliphatic rings. The van der Waals surface area contributed by atoms with Crippen molar-refractivity contribution < 1.29 is 4.74 Å². The number of fused-ring (bicyclic) bond motifs is 1. The molecular weight excluding hydrogens is 160 g/mol. The minimum atomic E-state index is 0.711. The molecule has 1 heteroatoms. The highest BCUT2D eigenvalue weighted by molar-refractivity contribution is 5.63. The second kappa shape index (κ2) is 3.65. The zero-order valence-electron chi connectivity index (χ0n) is 7.92. The van der Waals surface area contributed by atoms with Crippen molar-refractivity contribution in [1.82, 2.24) is 0 Å². The molecule has 0 saturated carbocycles. The van der Waals surface area contributed by atoms with Crippen LogP contribution in [0.1, 0.15) is 24.5 Å². The van der Waals surface area contributed by atoms with E-state index in [1.54, 1.807) is 0 Å². The summed E-state index contributed by atoms with van der Waals surface area (Å²) in [6.45, 7) is 2.91. The van der Waals surface area contributed by atoms with E-state index in [4.69, 9.17) is 4.74 Å². The van der Waals surface area contributed by atoms with E-state index in [9.17, 15) is 0 Å². The van der Waals surface area contributed by atoms with Crippen LogP contribution >= 0.6 is 0 Å². The first-order valence-electron chi connectivity index (χ1n) is 4.83. The molecule has 0 unspecified atom stereocenters. The Morgan fingerprint density at radius 2 is 2.31 bits per heavy atom. The van der Waals surface area contributed by atoms with Crippen LogP contribution in [0.5, 0.6) is 5.75 Å². The maximum atomic E-state index is 5.52. The van der Waals surface area contributed by atoms with Gasteiger partial charge >= 0.3 is 0 Å². The van der Waals surface area contributed by atoms with Gasteiger partial charge in [-0.2, -0.15) is 0 Å². The zero-order valence-corrected chi connectivity index (χ0v) is 7.92. The monoisotopic (exact) mass is 174 g/mol. The van der Waals surface area contributed by atoms with Gasteiger partial charge in [0.1, 0.15) is 12.4 Å². The van der Waals surface area contributed by atoms with Crippen LogP contribution in [0.4, 0.5) is 0 Å². The Morgan fingerprint density at radius 1 is 1.38 bits per heavy atom. The van der Waals surface area contributed by atoms with Crippen molar-refractivity contribution in [2.75, 3.05) is 6.61 Å². The highest BCUT2D eigenvalue weighted by Crippen LogP contribution is 2.27. The molecular formula is C12H14O. The average Bonchev–Trinajstić information content (AvgIpc) is 2.19. The average molecular weight is 174 g/mol. The first-order chi connectivity index (χ1) is 6.42. The van der Waals surface area contributed by atoms with E-state index in [-0.39, 0.29) is 0 Å². The molecule has 0 saturated heterocycles. The summed E-state index contributed by atoms with van der Waals surface area (Å²) in [7, 11) is 0. The van der Waals surface area contributed by atoms with Crippen LogP contribution in [-0.4, -0.2) is 6.61 Å². The fraction of sp³-hybridized carbons (Fsp3) is 0.333. The Morgan fingerprint density at radius 3 is 3.15 bits per heavy atom. The summed E-state index contributed by atoms with van der Waals surface area (Å²) in [4.78, 5) is 0. The predicted molar refractivity (Wildman–Crippen MR) is 55.0 cm³/mol. The largest absolute Gasteiger partial charge is 0.489 e. The molecule has 0 N–H and O–H groups in total. The van der Waals surface area contributed by atoms with Crippen molar-refractivity contribution >= 4 is 6.08 Å². The molecule has 0 spiro atoms. The number of ether oxygens (including phenoxy) is 1. The fourth-order valence-electron chi connectivity index (χ4n) is 1.70. The zero-order chi connectivity index (χ0) is 9.10. The minimum Gasteiger partial charge on any atom is -0.489 e. The van der Waals surface area contributed by atoms with Crippen LogP contribution in [0.3, 0.4) is 0 Å². The summed E-state index contributed by atoms with van der Waals surface area (Å²) in [5.74, 6) is 1.04. The molecule has 1 aromatic carbocycles. The molecule has 2 rings (SSSR count). The van der Waals surface area contributed by atoms with Gasteiger partial charge in [-0.15, -0.1) is 0 Å². The first-order valence-corrected chi connectivity index (χ1v) is 4.83. The Bertz CT molecular complexity index is 326. The Labute approximate surface area is 79.0 Å². The molecule has 0 bridgehead atoms. The second-order valence-corrected chi connectivity index (χ2v) is 3.29. The van der Waals surface area contributed by atoms with Crippen LogP contribution in [-0.2, 0) is 6.42 Å². The quantitative estimate of drug-likeness (QED) is 0.669. The molecule has 68 valence electrons. The van der Waals surface area contributed by atoms with E-state index in [1.165, 1.54) is 17.5 Å². The van der Waals surface area contributed by atoms with Crippen LogP contribution in [0.2, 0.25) is 0 Å². The van der Waals surface area contributed by atoms with E-state index in [0.717, 1.165) is 12.2 Å². The number of hydrogen-bond donors (Lipinski definition) is 0. The van der Waals surface area contributed by atoms with E-state index in [0.29, 0.717) is 6.61 Å². The van der Waals surface area contributed by atoms with Crippen molar-refractivity contribution in [3.05, 3.63) is 35.4 Å². The SMILES string of the molecule is CCCc1cccc2c1C=CCO2. The van der Waals surface area contributed by atoms with Gasteiger partial charge in [0.25, 0.3) is 0 Å². The van der Waals surface area contributed by atoms with Crippen molar-refractivity contribution in [2.24, 2.45) is 0 Å². The van der Waals surface area contributed by atoms with Gasteiger partial charge in [-0.1, -0.05) is 31.6 Å². The summed E-state index contributed by atoms with van der Waals surface area (Å²) in [6, 6.07) is 6.29. The molecule has 0 amide bonds. The summed E-state index contributed by atoms with van der Waals surface area (Å²) >= 11 is 0. The molecule has 0 radical (unpaired) electrons. The summed E-state index contributed by atoms with van der Waals surface area (Å²) in [5, 5.41) is 0.